The Kier molecular flexibility index (Phi) is 4.71. The molecule has 6 nitrogen and oxygen atoms in total. The van der Waals surface area contributed by atoms with Crippen LogP contribution in [0.15, 0.2) is 23.7 Å². The zero-order valence-corrected chi connectivity index (χ0v) is 9.89. The summed E-state index contributed by atoms with van der Waals surface area (Å²) in [5.74, 6) is -0.188. The second-order valence-corrected chi connectivity index (χ2v) is 3.26. The van der Waals surface area contributed by atoms with E-state index >= 15 is 0 Å². The maximum absolute atomic E-state index is 10.8. The Morgan fingerprint density at radius 1 is 1.29 bits per heavy atom. The van der Waals surface area contributed by atoms with Crippen molar-refractivity contribution in [2.45, 2.75) is 20.1 Å². The zero-order valence-electron chi connectivity index (χ0n) is 9.89. The second kappa shape index (κ2) is 6.05. The molecule has 0 N–H and O–H groups in total. The normalized spacial score (nSPS) is 18.6. The van der Waals surface area contributed by atoms with Gasteiger partial charge in [0.2, 0.25) is 0 Å². The number of hydrogen-bond donors (Lipinski definition) is 0. The summed E-state index contributed by atoms with van der Waals surface area (Å²) < 4.78 is 20.0. The van der Waals surface area contributed by atoms with E-state index in [0.29, 0.717) is 5.76 Å². The molecule has 1 heterocycles. The third-order valence-corrected chi connectivity index (χ3v) is 1.82. The van der Waals surface area contributed by atoms with Gasteiger partial charge in [0.25, 0.3) is 6.29 Å². The molecule has 0 radical (unpaired) electrons. The van der Waals surface area contributed by atoms with Gasteiger partial charge in [0.15, 0.2) is 5.76 Å². The highest BCUT2D eigenvalue weighted by Crippen LogP contribution is 2.19. The fourth-order valence-electron chi connectivity index (χ4n) is 1.16. The van der Waals surface area contributed by atoms with Crippen LogP contribution in [0.1, 0.15) is 13.8 Å². The fraction of sp³-hybridized carbons (Fsp3) is 0.455. The molecule has 1 rings (SSSR count). The lowest BCUT2D eigenvalue weighted by Crippen LogP contribution is -2.25. The molecule has 6 heteroatoms. The number of carbonyl (C=O) groups is 2. The summed E-state index contributed by atoms with van der Waals surface area (Å²) in [6.45, 7) is 2.60. The van der Waals surface area contributed by atoms with E-state index in [1.54, 1.807) is 6.08 Å². The van der Waals surface area contributed by atoms with Crippen LogP contribution in [0.3, 0.4) is 0 Å². The van der Waals surface area contributed by atoms with Crippen LogP contribution in [-0.4, -0.2) is 31.9 Å². The van der Waals surface area contributed by atoms with Crippen LogP contribution in [0.4, 0.5) is 0 Å². The lowest BCUT2D eigenvalue weighted by Gasteiger charge is -2.23. The number of carbonyl (C=O) groups excluding carboxylic acids is 2. The molecular formula is C11H14O6. The maximum Gasteiger partial charge on any atom is 0.307 e. The van der Waals surface area contributed by atoms with Crippen molar-refractivity contribution in [3.63, 3.8) is 0 Å². The van der Waals surface area contributed by atoms with Crippen LogP contribution in [0, 0.1) is 0 Å². The van der Waals surface area contributed by atoms with Gasteiger partial charge in [-0.2, -0.15) is 0 Å². The van der Waals surface area contributed by atoms with Crippen molar-refractivity contribution in [3.8, 4) is 0 Å². The fourth-order valence-corrected chi connectivity index (χ4v) is 1.16. The summed E-state index contributed by atoms with van der Waals surface area (Å²) in [6, 6.07) is 0. The molecule has 0 saturated heterocycles. The Bertz CT molecular complexity index is 368. The van der Waals surface area contributed by atoms with Crippen LogP contribution in [-0.2, 0) is 28.5 Å². The van der Waals surface area contributed by atoms with Gasteiger partial charge >= 0.3 is 11.9 Å². The Morgan fingerprint density at radius 2 is 2.00 bits per heavy atom. The van der Waals surface area contributed by atoms with Gasteiger partial charge in [-0.3, -0.25) is 9.59 Å². The van der Waals surface area contributed by atoms with Gasteiger partial charge in [0.1, 0.15) is 12.4 Å². The number of hydrogen-bond acceptors (Lipinski definition) is 6. The first-order valence-corrected chi connectivity index (χ1v) is 4.95. The van der Waals surface area contributed by atoms with Gasteiger partial charge in [0, 0.05) is 21.0 Å². The van der Waals surface area contributed by atoms with Gasteiger partial charge in [-0.05, 0) is 12.2 Å². The number of allylic oxidation sites excluding steroid dienone is 2. The van der Waals surface area contributed by atoms with Crippen molar-refractivity contribution in [2.75, 3.05) is 13.7 Å². The van der Waals surface area contributed by atoms with E-state index in [1.807, 2.05) is 0 Å². The molecule has 1 atom stereocenters. The average molecular weight is 242 g/mol. The van der Waals surface area contributed by atoms with E-state index in [0.717, 1.165) is 0 Å². The first-order chi connectivity index (χ1) is 8.02. The van der Waals surface area contributed by atoms with Crippen molar-refractivity contribution in [3.05, 3.63) is 23.7 Å². The second-order valence-electron chi connectivity index (χ2n) is 3.26. The lowest BCUT2D eigenvalue weighted by molar-refractivity contribution is -0.151. The van der Waals surface area contributed by atoms with E-state index in [4.69, 9.17) is 18.9 Å². The van der Waals surface area contributed by atoms with Crippen LogP contribution >= 0.6 is 0 Å². The Morgan fingerprint density at radius 3 is 2.53 bits per heavy atom. The van der Waals surface area contributed by atoms with Gasteiger partial charge in [0.05, 0.1) is 0 Å². The molecule has 0 bridgehead atoms. The van der Waals surface area contributed by atoms with Crippen molar-refractivity contribution in [2.24, 2.45) is 0 Å². The van der Waals surface area contributed by atoms with E-state index < -0.39 is 18.2 Å². The molecule has 0 saturated carbocycles. The Balaban J connectivity index is 2.66. The topological polar surface area (TPSA) is 71.1 Å². The van der Waals surface area contributed by atoms with E-state index in [1.165, 1.54) is 27.0 Å². The summed E-state index contributed by atoms with van der Waals surface area (Å²) in [4.78, 5) is 21.4. The predicted octanol–water partition coefficient (Wildman–Crippen LogP) is 0.883. The zero-order chi connectivity index (χ0) is 12.8. The van der Waals surface area contributed by atoms with Crippen molar-refractivity contribution in [1.29, 1.82) is 0 Å². The van der Waals surface area contributed by atoms with Crippen molar-refractivity contribution in [1.82, 2.24) is 0 Å². The number of methoxy groups -OCH3 is 1. The minimum absolute atomic E-state index is 0.0129. The van der Waals surface area contributed by atoms with Crippen molar-refractivity contribution >= 4 is 11.9 Å². The number of esters is 2. The monoisotopic (exact) mass is 242 g/mol. The van der Waals surface area contributed by atoms with Crippen LogP contribution in [0.5, 0.6) is 0 Å². The van der Waals surface area contributed by atoms with Gasteiger partial charge in [-0.1, -0.05) is 0 Å². The maximum atomic E-state index is 10.8. The van der Waals surface area contributed by atoms with Gasteiger partial charge < -0.3 is 18.9 Å². The Labute approximate surface area is 98.8 Å². The molecular weight excluding hydrogens is 228 g/mol. The van der Waals surface area contributed by atoms with Crippen LogP contribution < -0.4 is 0 Å². The molecule has 1 aliphatic rings. The molecule has 94 valence electrons. The minimum atomic E-state index is -0.811. The van der Waals surface area contributed by atoms with E-state index in [-0.39, 0.29) is 12.4 Å². The van der Waals surface area contributed by atoms with Gasteiger partial charge in [-0.25, -0.2) is 0 Å². The standard InChI is InChI=1S/C11H14O6/c1-7(12)15-6-9-4-5-10(16-8(2)13)11(14-3)17-9/h4-5,11H,6H2,1-3H3. The highest BCUT2D eigenvalue weighted by atomic mass is 16.7. The largest absolute Gasteiger partial charge is 0.458 e. The third-order valence-electron chi connectivity index (χ3n) is 1.82. The molecule has 1 aliphatic heterocycles. The molecule has 0 aromatic heterocycles. The average Bonchev–Trinajstić information content (AvgIpc) is 2.26. The van der Waals surface area contributed by atoms with Gasteiger partial charge in [-0.15, -0.1) is 0 Å². The van der Waals surface area contributed by atoms with E-state index in [9.17, 15) is 9.59 Å². The molecule has 0 fully saturated rings. The predicted molar refractivity (Wildman–Crippen MR) is 56.4 cm³/mol. The third kappa shape index (κ3) is 4.28. The molecule has 0 aromatic carbocycles. The number of ether oxygens (including phenoxy) is 4. The summed E-state index contributed by atoms with van der Waals surface area (Å²) in [5, 5.41) is 0. The summed E-state index contributed by atoms with van der Waals surface area (Å²) in [5.41, 5.74) is 0. The smallest absolute Gasteiger partial charge is 0.307 e. The molecule has 0 amide bonds. The molecule has 0 aromatic rings. The first-order valence-electron chi connectivity index (χ1n) is 4.95. The highest BCUT2D eigenvalue weighted by Gasteiger charge is 2.23. The summed E-state index contributed by atoms with van der Waals surface area (Å²) >= 11 is 0. The molecule has 0 aliphatic carbocycles. The SMILES string of the molecule is COC1OC(COC(C)=O)=CC=C1OC(C)=O. The summed E-state index contributed by atoms with van der Waals surface area (Å²) in [6.07, 6.45) is 2.28. The molecule has 17 heavy (non-hydrogen) atoms. The molecule has 1 unspecified atom stereocenters. The highest BCUT2D eigenvalue weighted by molar-refractivity contribution is 5.67. The Hall–Kier alpha value is -1.82. The quantitative estimate of drug-likeness (QED) is 0.681. The first kappa shape index (κ1) is 13.2. The lowest BCUT2D eigenvalue weighted by atomic mass is 10.3. The number of rotatable bonds is 4. The summed E-state index contributed by atoms with van der Waals surface area (Å²) in [7, 11) is 1.41. The van der Waals surface area contributed by atoms with E-state index in [2.05, 4.69) is 0 Å². The van der Waals surface area contributed by atoms with Crippen LogP contribution in [0.2, 0.25) is 0 Å². The minimum Gasteiger partial charge on any atom is -0.458 e. The van der Waals surface area contributed by atoms with Crippen LogP contribution in [0.25, 0.3) is 0 Å². The van der Waals surface area contributed by atoms with Crippen molar-refractivity contribution < 1.29 is 28.5 Å². The molecule has 0 spiro atoms.